The molecule has 0 atom stereocenters. The van der Waals surface area contributed by atoms with Crippen molar-refractivity contribution in [1.82, 2.24) is 0 Å². The zero-order valence-corrected chi connectivity index (χ0v) is 19.3. The number of carbonyl (C=O) groups excluding carboxylic acids is 1. The fourth-order valence-electron chi connectivity index (χ4n) is 3.65. The number of esters is 1. The van der Waals surface area contributed by atoms with Crippen LogP contribution < -0.4 is 4.74 Å². The van der Waals surface area contributed by atoms with Crippen molar-refractivity contribution in [3.05, 3.63) is 90.5 Å². The number of hydrogen-bond acceptors (Lipinski definition) is 4. The highest BCUT2D eigenvalue weighted by Crippen LogP contribution is 2.35. The lowest BCUT2D eigenvalue weighted by Gasteiger charge is -2.14. The van der Waals surface area contributed by atoms with Crippen molar-refractivity contribution in [2.24, 2.45) is 0 Å². The third-order valence-electron chi connectivity index (χ3n) is 5.54. The molecule has 0 aliphatic heterocycles. The summed E-state index contributed by atoms with van der Waals surface area (Å²) in [7, 11) is 0. The van der Waals surface area contributed by atoms with Gasteiger partial charge < -0.3 is 14.6 Å². The van der Waals surface area contributed by atoms with Crippen molar-refractivity contribution < 1.29 is 19.4 Å². The minimum Gasteiger partial charge on any atom is -0.489 e. The monoisotopic (exact) mass is 444 g/mol. The largest absolute Gasteiger partial charge is 0.489 e. The maximum Gasteiger partial charge on any atom is 0.330 e. The Hall–Kier alpha value is -3.37. The average molecular weight is 445 g/mol. The van der Waals surface area contributed by atoms with Crippen LogP contribution in [0.4, 0.5) is 0 Å². The Morgan fingerprint density at radius 2 is 1.55 bits per heavy atom. The van der Waals surface area contributed by atoms with Crippen LogP contribution in [0.5, 0.6) is 5.75 Å². The number of ether oxygens (including phenoxy) is 2. The zero-order valence-electron chi connectivity index (χ0n) is 19.3. The quantitative estimate of drug-likeness (QED) is 0.201. The Labute approximate surface area is 196 Å². The van der Waals surface area contributed by atoms with Gasteiger partial charge in [0.15, 0.2) is 0 Å². The van der Waals surface area contributed by atoms with E-state index in [1.807, 2.05) is 36.4 Å². The fraction of sp³-hybridized carbons (Fsp3) is 0.276. The van der Waals surface area contributed by atoms with Crippen molar-refractivity contribution >= 4 is 5.97 Å². The Morgan fingerprint density at radius 1 is 0.879 bits per heavy atom. The number of carbonyl (C=O) groups is 1. The summed E-state index contributed by atoms with van der Waals surface area (Å²) in [6.07, 6.45) is 5.94. The molecule has 0 aromatic heterocycles. The van der Waals surface area contributed by atoms with Gasteiger partial charge in [-0.25, -0.2) is 4.79 Å². The van der Waals surface area contributed by atoms with Gasteiger partial charge in [0, 0.05) is 11.6 Å². The molecule has 3 aromatic carbocycles. The lowest BCUT2D eigenvalue weighted by molar-refractivity contribution is -0.138. The van der Waals surface area contributed by atoms with Crippen LogP contribution in [0, 0.1) is 0 Å². The molecule has 3 aromatic rings. The molecule has 0 heterocycles. The van der Waals surface area contributed by atoms with Crippen molar-refractivity contribution in [2.45, 2.75) is 39.2 Å². The van der Waals surface area contributed by atoms with Gasteiger partial charge in [-0.05, 0) is 46.7 Å². The summed E-state index contributed by atoms with van der Waals surface area (Å²) < 4.78 is 11.1. The number of aliphatic hydroxyl groups excluding tert-OH is 1. The Morgan fingerprint density at radius 3 is 2.21 bits per heavy atom. The van der Waals surface area contributed by atoms with Crippen molar-refractivity contribution in [1.29, 1.82) is 0 Å². The molecule has 0 aliphatic carbocycles. The molecule has 0 amide bonds. The topological polar surface area (TPSA) is 55.8 Å². The van der Waals surface area contributed by atoms with Gasteiger partial charge in [0.2, 0.25) is 0 Å². The predicted molar refractivity (Wildman–Crippen MR) is 133 cm³/mol. The van der Waals surface area contributed by atoms with E-state index < -0.39 is 5.97 Å². The van der Waals surface area contributed by atoms with Gasteiger partial charge in [-0.3, -0.25) is 0 Å². The van der Waals surface area contributed by atoms with E-state index in [9.17, 15) is 9.90 Å². The SMILES string of the molecule is C=CC(=O)OCCOc1cc(-c2ccc(CCCCC)cc2)ccc1-c1ccc(CO)cc1. The number of benzene rings is 3. The number of unbranched alkanes of at least 4 members (excludes halogenated alkanes) is 2. The summed E-state index contributed by atoms with van der Waals surface area (Å²) in [6, 6.07) is 22.6. The molecule has 4 nitrogen and oxygen atoms in total. The first-order chi connectivity index (χ1) is 16.1. The highest BCUT2D eigenvalue weighted by Gasteiger charge is 2.10. The van der Waals surface area contributed by atoms with Crippen molar-refractivity contribution in [2.75, 3.05) is 13.2 Å². The van der Waals surface area contributed by atoms with Gasteiger partial charge in [-0.2, -0.15) is 0 Å². The maximum absolute atomic E-state index is 11.3. The van der Waals surface area contributed by atoms with Gasteiger partial charge in [0.1, 0.15) is 19.0 Å². The maximum atomic E-state index is 11.3. The molecule has 0 radical (unpaired) electrons. The van der Waals surface area contributed by atoms with Crippen molar-refractivity contribution in [3.8, 4) is 28.0 Å². The van der Waals surface area contributed by atoms with E-state index in [4.69, 9.17) is 9.47 Å². The molecular weight excluding hydrogens is 412 g/mol. The van der Waals surface area contributed by atoms with Crippen LogP contribution in [0.25, 0.3) is 22.3 Å². The minimum atomic E-state index is -0.466. The summed E-state index contributed by atoms with van der Waals surface area (Å²) in [6.45, 7) is 6.01. The molecule has 33 heavy (non-hydrogen) atoms. The summed E-state index contributed by atoms with van der Waals surface area (Å²) in [5, 5.41) is 9.33. The summed E-state index contributed by atoms with van der Waals surface area (Å²) in [4.78, 5) is 11.3. The van der Waals surface area contributed by atoms with E-state index in [-0.39, 0.29) is 19.8 Å². The third kappa shape index (κ3) is 7.06. The smallest absolute Gasteiger partial charge is 0.330 e. The number of hydrogen-bond donors (Lipinski definition) is 1. The van der Waals surface area contributed by atoms with E-state index in [1.165, 1.54) is 24.8 Å². The molecule has 0 unspecified atom stereocenters. The summed E-state index contributed by atoms with van der Waals surface area (Å²) >= 11 is 0. The van der Waals surface area contributed by atoms with E-state index >= 15 is 0 Å². The van der Waals surface area contributed by atoms with Crippen LogP contribution in [0.15, 0.2) is 79.4 Å². The second-order valence-electron chi connectivity index (χ2n) is 7.94. The normalized spacial score (nSPS) is 10.6. The molecule has 0 saturated heterocycles. The first-order valence-electron chi connectivity index (χ1n) is 11.5. The summed E-state index contributed by atoms with van der Waals surface area (Å²) in [5.41, 5.74) is 6.32. The highest BCUT2D eigenvalue weighted by molar-refractivity contribution is 5.81. The Balaban J connectivity index is 1.83. The number of aliphatic hydroxyl groups is 1. The molecular formula is C29H32O4. The van der Waals surface area contributed by atoms with Gasteiger partial charge >= 0.3 is 5.97 Å². The number of rotatable bonds is 12. The molecule has 1 N–H and O–H groups in total. The molecule has 0 saturated carbocycles. The van der Waals surface area contributed by atoms with Crippen LogP contribution in [0.1, 0.15) is 37.3 Å². The summed E-state index contributed by atoms with van der Waals surface area (Å²) in [5.74, 6) is 0.247. The van der Waals surface area contributed by atoms with Crippen LogP contribution >= 0.6 is 0 Å². The molecule has 172 valence electrons. The predicted octanol–water partition coefficient (Wildman–Crippen LogP) is 6.35. The fourth-order valence-corrected chi connectivity index (χ4v) is 3.65. The van der Waals surface area contributed by atoms with Gasteiger partial charge in [-0.15, -0.1) is 0 Å². The second-order valence-corrected chi connectivity index (χ2v) is 7.94. The van der Waals surface area contributed by atoms with Gasteiger partial charge in [0.05, 0.1) is 6.61 Å². The van der Waals surface area contributed by atoms with Gasteiger partial charge in [-0.1, -0.05) is 87.0 Å². The lowest BCUT2D eigenvalue weighted by atomic mass is 9.97. The first kappa shape index (κ1) is 24.3. The van der Waals surface area contributed by atoms with E-state index in [0.29, 0.717) is 5.75 Å². The molecule has 0 aliphatic rings. The van der Waals surface area contributed by atoms with Crippen LogP contribution in [0.2, 0.25) is 0 Å². The van der Waals surface area contributed by atoms with E-state index in [2.05, 4.69) is 43.8 Å². The zero-order chi connectivity index (χ0) is 23.5. The molecule has 0 fully saturated rings. The molecule has 4 heteroatoms. The molecule has 3 rings (SSSR count). The minimum absolute atomic E-state index is 0.00564. The first-order valence-corrected chi connectivity index (χ1v) is 11.5. The van der Waals surface area contributed by atoms with Crippen LogP contribution in [-0.2, 0) is 22.6 Å². The van der Waals surface area contributed by atoms with E-state index in [0.717, 1.165) is 40.3 Å². The number of aryl methyl sites for hydroxylation is 1. The van der Waals surface area contributed by atoms with Crippen molar-refractivity contribution in [3.63, 3.8) is 0 Å². The third-order valence-corrected chi connectivity index (χ3v) is 5.54. The lowest BCUT2D eigenvalue weighted by Crippen LogP contribution is -2.10. The standard InChI is InChI=1S/C29H32O4/c1-3-5-6-7-22-8-12-24(13-9-22)26-16-17-27(25-14-10-23(21-30)11-15-25)28(20-26)32-18-19-33-29(31)4-2/h4,8-17,20,30H,2-3,5-7,18-19,21H2,1H3. The second kappa shape index (κ2) is 12.6. The Kier molecular flexibility index (Phi) is 9.28. The van der Waals surface area contributed by atoms with Crippen LogP contribution in [0.3, 0.4) is 0 Å². The van der Waals surface area contributed by atoms with Gasteiger partial charge in [0.25, 0.3) is 0 Å². The van der Waals surface area contributed by atoms with E-state index in [1.54, 1.807) is 0 Å². The highest BCUT2D eigenvalue weighted by atomic mass is 16.6. The van der Waals surface area contributed by atoms with Crippen LogP contribution in [-0.4, -0.2) is 24.3 Å². The molecule has 0 spiro atoms. The Bertz CT molecular complexity index is 1040. The average Bonchev–Trinajstić information content (AvgIpc) is 2.87. The molecule has 0 bridgehead atoms.